The molecule has 1 heteroatoms. The number of rotatable bonds is 0. The molecule has 0 saturated carbocycles. The van der Waals surface area contributed by atoms with Crippen LogP contribution in [0.25, 0.3) is 0 Å². The van der Waals surface area contributed by atoms with E-state index in [-0.39, 0.29) is 0 Å². The van der Waals surface area contributed by atoms with E-state index in [1.54, 1.807) is 0 Å². The minimum atomic E-state index is 0.559. The van der Waals surface area contributed by atoms with Gasteiger partial charge in [-0.15, -0.1) is 0 Å². The number of hydrogen-bond donors (Lipinski definition) is 1. The van der Waals surface area contributed by atoms with Gasteiger partial charge in [0.1, 0.15) is 0 Å². The van der Waals surface area contributed by atoms with Crippen LogP contribution in [0.5, 0.6) is 0 Å². The maximum atomic E-state index is 3.93. The standard InChI is InChI=1S/C7H13N/c1-6-4-3-5-8-7(6)2/h7-8H,1,3-5H2,2H3. The molecule has 1 heterocycles. The molecular weight excluding hydrogens is 98.1 g/mol. The second kappa shape index (κ2) is 2.31. The van der Waals surface area contributed by atoms with Crippen molar-refractivity contribution in [2.75, 3.05) is 6.54 Å². The minimum absolute atomic E-state index is 0.559. The van der Waals surface area contributed by atoms with Crippen molar-refractivity contribution in [3.63, 3.8) is 0 Å². The molecule has 1 unspecified atom stereocenters. The zero-order valence-corrected chi connectivity index (χ0v) is 5.41. The summed E-state index contributed by atoms with van der Waals surface area (Å²) in [6, 6.07) is 0.559. The SMILES string of the molecule is C=C1CCCNC1C. The molecule has 1 atom stereocenters. The first-order chi connectivity index (χ1) is 3.80. The van der Waals surface area contributed by atoms with Crippen LogP contribution in [0.15, 0.2) is 12.2 Å². The van der Waals surface area contributed by atoms with Gasteiger partial charge in [0.15, 0.2) is 0 Å². The van der Waals surface area contributed by atoms with Crippen LogP contribution in [0.3, 0.4) is 0 Å². The molecule has 0 bridgehead atoms. The highest BCUT2D eigenvalue weighted by molar-refractivity contribution is 5.05. The molecule has 8 heavy (non-hydrogen) atoms. The van der Waals surface area contributed by atoms with Crippen molar-refractivity contribution in [3.05, 3.63) is 12.2 Å². The summed E-state index contributed by atoms with van der Waals surface area (Å²) >= 11 is 0. The fraction of sp³-hybridized carbons (Fsp3) is 0.714. The third-order valence-electron chi connectivity index (χ3n) is 1.74. The summed E-state index contributed by atoms with van der Waals surface area (Å²) < 4.78 is 0. The highest BCUT2D eigenvalue weighted by atomic mass is 14.9. The fourth-order valence-electron chi connectivity index (χ4n) is 0.995. The van der Waals surface area contributed by atoms with Gasteiger partial charge in [-0.1, -0.05) is 12.2 Å². The molecule has 1 nitrogen and oxygen atoms in total. The van der Waals surface area contributed by atoms with E-state index in [2.05, 4.69) is 18.8 Å². The first-order valence-electron chi connectivity index (χ1n) is 3.22. The van der Waals surface area contributed by atoms with E-state index in [0.29, 0.717) is 6.04 Å². The summed E-state index contributed by atoms with van der Waals surface area (Å²) in [5, 5.41) is 3.33. The lowest BCUT2D eigenvalue weighted by atomic mass is 10.0. The van der Waals surface area contributed by atoms with E-state index in [4.69, 9.17) is 0 Å². The van der Waals surface area contributed by atoms with Gasteiger partial charge in [-0.25, -0.2) is 0 Å². The second-order valence-electron chi connectivity index (χ2n) is 2.44. The molecule has 1 aliphatic rings. The Labute approximate surface area is 50.8 Å². The highest BCUT2D eigenvalue weighted by Gasteiger charge is 2.09. The predicted molar refractivity (Wildman–Crippen MR) is 35.8 cm³/mol. The van der Waals surface area contributed by atoms with Gasteiger partial charge in [0, 0.05) is 6.04 Å². The molecule has 0 radical (unpaired) electrons. The molecule has 46 valence electrons. The summed E-state index contributed by atoms with van der Waals surface area (Å²) in [4.78, 5) is 0. The van der Waals surface area contributed by atoms with Crippen LogP contribution < -0.4 is 5.32 Å². The van der Waals surface area contributed by atoms with Crippen molar-refractivity contribution in [3.8, 4) is 0 Å². The quantitative estimate of drug-likeness (QED) is 0.465. The van der Waals surface area contributed by atoms with Gasteiger partial charge in [-0.2, -0.15) is 0 Å². The summed E-state index contributed by atoms with van der Waals surface area (Å²) in [6.07, 6.45) is 2.48. The van der Waals surface area contributed by atoms with Crippen LogP contribution in [0.1, 0.15) is 19.8 Å². The molecule has 1 saturated heterocycles. The van der Waals surface area contributed by atoms with E-state index >= 15 is 0 Å². The molecule has 0 spiro atoms. The lowest BCUT2D eigenvalue weighted by Gasteiger charge is -2.21. The first-order valence-corrected chi connectivity index (χ1v) is 3.22. The van der Waals surface area contributed by atoms with Gasteiger partial charge in [0.25, 0.3) is 0 Å². The average molecular weight is 111 g/mol. The first kappa shape index (κ1) is 5.83. The second-order valence-corrected chi connectivity index (χ2v) is 2.44. The maximum Gasteiger partial charge on any atom is 0.0248 e. The summed E-state index contributed by atoms with van der Waals surface area (Å²) in [6.45, 7) is 7.27. The Hall–Kier alpha value is -0.300. The number of hydrogen-bond acceptors (Lipinski definition) is 1. The van der Waals surface area contributed by atoms with Crippen LogP contribution in [0.4, 0.5) is 0 Å². The van der Waals surface area contributed by atoms with Crippen LogP contribution in [0, 0.1) is 0 Å². The van der Waals surface area contributed by atoms with Crippen molar-refractivity contribution in [1.29, 1.82) is 0 Å². The Kier molecular flexibility index (Phi) is 1.69. The summed E-state index contributed by atoms with van der Waals surface area (Å²) in [5.41, 5.74) is 1.36. The Morgan fingerprint density at radius 2 is 2.50 bits per heavy atom. The van der Waals surface area contributed by atoms with Gasteiger partial charge in [-0.3, -0.25) is 0 Å². The highest BCUT2D eigenvalue weighted by Crippen LogP contribution is 2.11. The maximum absolute atomic E-state index is 3.93. The van der Waals surface area contributed by atoms with Gasteiger partial charge in [0.05, 0.1) is 0 Å². The van der Waals surface area contributed by atoms with Crippen molar-refractivity contribution in [2.24, 2.45) is 0 Å². The molecule has 0 aromatic heterocycles. The van der Waals surface area contributed by atoms with E-state index in [9.17, 15) is 0 Å². The van der Waals surface area contributed by atoms with Crippen molar-refractivity contribution < 1.29 is 0 Å². The van der Waals surface area contributed by atoms with Gasteiger partial charge in [0.2, 0.25) is 0 Å². The van der Waals surface area contributed by atoms with Crippen LogP contribution >= 0.6 is 0 Å². The third kappa shape index (κ3) is 1.10. The molecule has 0 amide bonds. The van der Waals surface area contributed by atoms with E-state index in [0.717, 1.165) is 0 Å². The molecule has 0 aromatic carbocycles. The molecule has 1 fully saturated rings. The zero-order valence-electron chi connectivity index (χ0n) is 5.41. The average Bonchev–Trinajstić information content (AvgIpc) is 1.77. The minimum Gasteiger partial charge on any atom is -0.311 e. The predicted octanol–water partition coefficient (Wildman–Crippen LogP) is 1.31. The van der Waals surface area contributed by atoms with Gasteiger partial charge >= 0.3 is 0 Å². The number of nitrogens with one attached hydrogen (secondary N) is 1. The van der Waals surface area contributed by atoms with Gasteiger partial charge in [-0.05, 0) is 26.3 Å². The Morgan fingerprint density at radius 3 is 2.88 bits per heavy atom. The molecule has 0 aromatic rings. The normalized spacial score (nSPS) is 30.6. The Bertz CT molecular complexity index is 96.6. The summed E-state index contributed by atoms with van der Waals surface area (Å²) in [7, 11) is 0. The fourth-order valence-corrected chi connectivity index (χ4v) is 0.995. The monoisotopic (exact) mass is 111 g/mol. The van der Waals surface area contributed by atoms with E-state index in [1.165, 1.54) is 25.0 Å². The zero-order chi connectivity index (χ0) is 5.98. The number of piperidine rings is 1. The molecule has 1 N–H and O–H groups in total. The van der Waals surface area contributed by atoms with Crippen molar-refractivity contribution in [2.45, 2.75) is 25.8 Å². The van der Waals surface area contributed by atoms with Gasteiger partial charge < -0.3 is 5.32 Å². The lowest BCUT2D eigenvalue weighted by Crippen LogP contribution is -2.32. The van der Waals surface area contributed by atoms with Crippen LogP contribution in [-0.4, -0.2) is 12.6 Å². The smallest absolute Gasteiger partial charge is 0.0248 e. The molecule has 0 aliphatic carbocycles. The molecular formula is C7H13N. The van der Waals surface area contributed by atoms with E-state index < -0.39 is 0 Å². The van der Waals surface area contributed by atoms with E-state index in [1.807, 2.05) is 0 Å². The topological polar surface area (TPSA) is 12.0 Å². The summed E-state index contributed by atoms with van der Waals surface area (Å²) in [5.74, 6) is 0. The van der Waals surface area contributed by atoms with Crippen molar-refractivity contribution >= 4 is 0 Å². The van der Waals surface area contributed by atoms with Crippen LogP contribution in [0.2, 0.25) is 0 Å². The molecule has 1 rings (SSSR count). The van der Waals surface area contributed by atoms with Crippen molar-refractivity contribution in [1.82, 2.24) is 5.32 Å². The Morgan fingerprint density at radius 1 is 1.75 bits per heavy atom. The third-order valence-corrected chi connectivity index (χ3v) is 1.74. The van der Waals surface area contributed by atoms with Crippen LogP contribution in [-0.2, 0) is 0 Å². The Balaban J connectivity index is 2.39. The molecule has 1 aliphatic heterocycles. The largest absolute Gasteiger partial charge is 0.311 e. The lowest BCUT2D eigenvalue weighted by molar-refractivity contribution is 0.518.